The van der Waals surface area contributed by atoms with Crippen LogP contribution in [0.1, 0.15) is 22.1 Å². The van der Waals surface area contributed by atoms with Crippen LogP contribution in [-0.4, -0.2) is 13.0 Å². The van der Waals surface area contributed by atoms with Gasteiger partial charge in [-0.2, -0.15) is 0 Å². The third-order valence-electron chi connectivity index (χ3n) is 2.08. The van der Waals surface area contributed by atoms with Gasteiger partial charge in [0.25, 0.3) is 5.91 Å². The third-order valence-corrected chi connectivity index (χ3v) is 2.08. The van der Waals surface area contributed by atoms with E-state index in [1.807, 2.05) is 31.3 Å². The zero-order valence-electron chi connectivity index (χ0n) is 6.79. The fourth-order valence-corrected chi connectivity index (χ4v) is 1.47. The molecule has 0 fully saturated rings. The minimum atomic E-state index is -0.0197. The highest BCUT2D eigenvalue weighted by Crippen LogP contribution is 2.21. The molecule has 1 aromatic rings. The summed E-state index contributed by atoms with van der Waals surface area (Å²) in [5.41, 5.74) is 1.81. The van der Waals surface area contributed by atoms with Gasteiger partial charge in [-0.1, -0.05) is 18.2 Å². The fourth-order valence-electron chi connectivity index (χ4n) is 1.47. The van der Waals surface area contributed by atoms with Crippen LogP contribution < -0.4 is 10.6 Å². The Kier molecular flexibility index (Phi) is 1.59. The van der Waals surface area contributed by atoms with E-state index in [1.54, 1.807) is 0 Å². The van der Waals surface area contributed by atoms with Gasteiger partial charge >= 0.3 is 0 Å². The van der Waals surface area contributed by atoms with Gasteiger partial charge in [-0.15, -0.1) is 0 Å². The molecule has 2 rings (SSSR count). The summed E-state index contributed by atoms with van der Waals surface area (Å²) in [7, 11) is 1.83. The molecule has 1 unspecified atom stereocenters. The lowest BCUT2D eigenvalue weighted by molar-refractivity contribution is 0.0952. The molecule has 1 heterocycles. The zero-order valence-corrected chi connectivity index (χ0v) is 6.79. The summed E-state index contributed by atoms with van der Waals surface area (Å²) in [6.07, 6.45) is -0.0197. The SMILES string of the molecule is CNC1NC(=O)c2ccccc21. The minimum Gasteiger partial charge on any atom is -0.333 e. The number of hydrogen-bond donors (Lipinski definition) is 2. The molecule has 0 aromatic heterocycles. The Morgan fingerprint density at radius 3 is 2.92 bits per heavy atom. The van der Waals surface area contributed by atoms with Gasteiger partial charge in [0.05, 0.1) is 0 Å². The van der Waals surface area contributed by atoms with Gasteiger partial charge in [0.1, 0.15) is 6.17 Å². The van der Waals surface area contributed by atoms with Gasteiger partial charge < -0.3 is 5.32 Å². The molecule has 1 aliphatic rings. The van der Waals surface area contributed by atoms with Crippen molar-refractivity contribution >= 4 is 5.91 Å². The molecular weight excluding hydrogens is 152 g/mol. The number of carbonyl (C=O) groups is 1. The minimum absolute atomic E-state index is 0.00458. The van der Waals surface area contributed by atoms with Crippen LogP contribution in [-0.2, 0) is 0 Å². The molecule has 0 spiro atoms. The second kappa shape index (κ2) is 2.60. The first kappa shape index (κ1) is 7.31. The first-order chi connectivity index (χ1) is 5.83. The van der Waals surface area contributed by atoms with Gasteiger partial charge in [-0.3, -0.25) is 10.1 Å². The summed E-state index contributed by atoms with van der Waals surface area (Å²) in [5, 5.41) is 5.84. The Balaban J connectivity index is 2.50. The monoisotopic (exact) mass is 162 g/mol. The highest BCUT2D eigenvalue weighted by molar-refractivity contribution is 5.98. The average Bonchev–Trinajstić information content (AvgIpc) is 2.44. The number of benzene rings is 1. The second-order valence-electron chi connectivity index (χ2n) is 2.78. The first-order valence-corrected chi connectivity index (χ1v) is 3.90. The smallest absolute Gasteiger partial charge is 0.253 e. The highest BCUT2D eigenvalue weighted by Gasteiger charge is 2.25. The Bertz CT molecular complexity index is 322. The molecule has 0 bridgehead atoms. The van der Waals surface area contributed by atoms with Crippen molar-refractivity contribution in [3.05, 3.63) is 35.4 Å². The van der Waals surface area contributed by atoms with Crippen molar-refractivity contribution in [1.29, 1.82) is 0 Å². The molecule has 1 aromatic carbocycles. The van der Waals surface area contributed by atoms with E-state index in [0.717, 1.165) is 11.1 Å². The van der Waals surface area contributed by atoms with E-state index in [0.29, 0.717) is 0 Å². The lowest BCUT2D eigenvalue weighted by atomic mass is 10.1. The second-order valence-corrected chi connectivity index (χ2v) is 2.78. The Labute approximate surface area is 70.8 Å². The third kappa shape index (κ3) is 0.905. The van der Waals surface area contributed by atoms with E-state index >= 15 is 0 Å². The van der Waals surface area contributed by atoms with E-state index in [2.05, 4.69) is 10.6 Å². The van der Waals surface area contributed by atoms with Gasteiger partial charge in [-0.25, -0.2) is 0 Å². The van der Waals surface area contributed by atoms with E-state index in [9.17, 15) is 4.79 Å². The molecule has 0 saturated carbocycles. The Morgan fingerprint density at radius 2 is 2.17 bits per heavy atom. The zero-order chi connectivity index (χ0) is 8.55. The summed E-state index contributed by atoms with van der Waals surface area (Å²) in [6.45, 7) is 0. The van der Waals surface area contributed by atoms with Gasteiger partial charge in [0.2, 0.25) is 0 Å². The lowest BCUT2D eigenvalue weighted by Gasteiger charge is -2.08. The predicted octanol–water partition coefficient (Wildman–Crippen LogP) is 0.648. The highest BCUT2D eigenvalue weighted by atomic mass is 16.2. The van der Waals surface area contributed by atoms with E-state index in [1.165, 1.54) is 0 Å². The number of fused-ring (bicyclic) bond motifs is 1. The molecule has 0 aliphatic carbocycles. The Morgan fingerprint density at radius 1 is 1.42 bits per heavy atom. The average molecular weight is 162 g/mol. The molecule has 62 valence electrons. The molecule has 3 nitrogen and oxygen atoms in total. The van der Waals surface area contributed by atoms with Gasteiger partial charge in [-0.05, 0) is 13.1 Å². The molecule has 3 heteroatoms. The summed E-state index contributed by atoms with van der Waals surface area (Å²) < 4.78 is 0. The molecule has 0 radical (unpaired) electrons. The fraction of sp³-hybridized carbons (Fsp3) is 0.222. The van der Waals surface area contributed by atoms with Crippen LogP contribution in [0.2, 0.25) is 0 Å². The van der Waals surface area contributed by atoms with Crippen molar-refractivity contribution in [3.63, 3.8) is 0 Å². The van der Waals surface area contributed by atoms with Crippen LogP contribution in [0.3, 0.4) is 0 Å². The normalized spacial score (nSPS) is 20.4. The maximum atomic E-state index is 11.3. The van der Waals surface area contributed by atoms with E-state index in [4.69, 9.17) is 0 Å². The van der Waals surface area contributed by atoms with Crippen molar-refractivity contribution in [1.82, 2.24) is 10.6 Å². The van der Waals surface area contributed by atoms with Gasteiger partial charge in [0.15, 0.2) is 0 Å². The van der Waals surface area contributed by atoms with Crippen LogP contribution in [0.15, 0.2) is 24.3 Å². The molecule has 1 amide bonds. The van der Waals surface area contributed by atoms with Crippen molar-refractivity contribution in [2.75, 3.05) is 7.05 Å². The van der Waals surface area contributed by atoms with E-state index in [-0.39, 0.29) is 12.1 Å². The summed E-state index contributed by atoms with van der Waals surface area (Å²) in [4.78, 5) is 11.3. The topological polar surface area (TPSA) is 41.1 Å². The van der Waals surface area contributed by atoms with Crippen LogP contribution in [0.4, 0.5) is 0 Å². The number of carbonyl (C=O) groups excluding carboxylic acids is 1. The number of nitrogens with one attached hydrogen (secondary N) is 2. The Hall–Kier alpha value is -1.35. The molecular formula is C9H10N2O. The van der Waals surface area contributed by atoms with Crippen molar-refractivity contribution in [3.8, 4) is 0 Å². The molecule has 0 saturated heterocycles. The standard InChI is InChI=1S/C9H10N2O/c1-10-8-6-4-2-3-5-7(6)9(12)11-8/h2-5,8,10H,1H3,(H,11,12). The summed E-state index contributed by atoms with van der Waals surface area (Å²) >= 11 is 0. The lowest BCUT2D eigenvalue weighted by Crippen LogP contribution is -2.28. The summed E-state index contributed by atoms with van der Waals surface area (Å²) in [6, 6.07) is 7.59. The molecule has 1 aliphatic heterocycles. The maximum Gasteiger partial charge on any atom is 0.253 e. The van der Waals surface area contributed by atoms with E-state index < -0.39 is 0 Å². The summed E-state index contributed by atoms with van der Waals surface area (Å²) in [5.74, 6) is 0.00458. The largest absolute Gasteiger partial charge is 0.333 e. The van der Waals surface area contributed by atoms with Crippen LogP contribution >= 0.6 is 0 Å². The van der Waals surface area contributed by atoms with Gasteiger partial charge in [0, 0.05) is 11.1 Å². The molecule has 1 atom stereocenters. The van der Waals surface area contributed by atoms with Crippen molar-refractivity contribution in [2.24, 2.45) is 0 Å². The number of amides is 1. The van der Waals surface area contributed by atoms with Crippen LogP contribution in [0.5, 0.6) is 0 Å². The van der Waals surface area contributed by atoms with Crippen LogP contribution in [0.25, 0.3) is 0 Å². The maximum absolute atomic E-state index is 11.3. The van der Waals surface area contributed by atoms with Crippen molar-refractivity contribution in [2.45, 2.75) is 6.17 Å². The van der Waals surface area contributed by atoms with Crippen LogP contribution in [0, 0.1) is 0 Å². The first-order valence-electron chi connectivity index (χ1n) is 3.90. The van der Waals surface area contributed by atoms with Crippen molar-refractivity contribution < 1.29 is 4.79 Å². The number of hydrogen-bond acceptors (Lipinski definition) is 2. The predicted molar refractivity (Wildman–Crippen MR) is 45.7 cm³/mol. The number of rotatable bonds is 1. The molecule has 2 N–H and O–H groups in total. The quantitative estimate of drug-likeness (QED) is 0.636. The molecule has 12 heavy (non-hydrogen) atoms.